The van der Waals surface area contributed by atoms with Gasteiger partial charge in [0.25, 0.3) is 17.7 Å². The molecule has 1 heterocycles. The van der Waals surface area contributed by atoms with Gasteiger partial charge in [-0.05, 0) is 44.2 Å². The van der Waals surface area contributed by atoms with E-state index in [2.05, 4.69) is 5.32 Å². The molecule has 0 radical (unpaired) electrons. The molecule has 1 aromatic carbocycles. The maximum atomic E-state index is 12.8. The number of nitrogens with zero attached hydrogens (tertiary/aromatic N) is 1. The molecule has 3 amide bonds. The van der Waals surface area contributed by atoms with E-state index in [0.29, 0.717) is 0 Å². The molecule has 1 aliphatic carbocycles. The van der Waals surface area contributed by atoms with Crippen LogP contribution in [-0.4, -0.2) is 46.8 Å². The van der Waals surface area contributed by atoms with Crippen molar-refractivity contribution in [3.05, 3.63) is 35.4 Å². The molecular formula is C20H24N2O5. The van der Waals surface area contributed by atoms with Gasteiger partial charge in [0.05, 0.1) is 11.1 Å². The molecule has 1 N–H and O–H groups in total. The number of hydrogen-bond acceptors (Lipinski definition) is 5. The maximum absolute atomic E-state index is 12.8. The largest absolute Gasteiger partial charge is 0.451 e. The Kier molecular flexibility index (Phi) is 5.30. The minimum absolute atomic E-state index is 0.0439. The highest BCUT2D eigenvalue weighted by Gasteiger charge is 2.44. The van der Waals surface area contributed by atoms with Gasteiger partial charge in [-0.3, -0.25) is 19.3 Å². The third kappa shape index (κ3) is 4.02. The van der Waals surface area contributed by atoms with Crippen LogP contribution in [0, 0.1) is 5.92 Å². The van der Waals surface area contributed by atoms with Crippen LogP contribution in [0.3, 0.4) is 0 Å². The molecule has 1 aliphatic heterocycles. The van der Waals surface area contributed by atoms with Crippen molar-refractivity contribution in [3.63, 3.8) is 0 Å². The summed E-state index contributed by atoms with van der Waals surface area (Å²) in [6.45, 7) is 5.27. The Balaban J connectivity index is 1.77. The summed E-state index contributed by atoms with van der Waals surface area (Å²) in [6, 6.07) is 5.58. The second kappa shape index (κ2) is 7.50. The Hall–Kier alpha value is -2.70. The lowest BCUT2D eigenvalue weighted by Gasteiger charge is -2.27. The van der Waals surface area contributed by atoms with Crippen LogP contribution < -0.4 is 5.32 Å². The van der Waals surface area contributed by atoms with E-state index in [-0.39, 0.29) is 35.4 Å². The highest BCUT2D eigenvalue weighted by Crippen LogP contribution is 2.27. The van der Waals surface area contributed by atoms with E-state index in [1.165, 1.54) is 6.92 Å². The second-order valence-corrected chi connectivity index (χ2v) is 7.53. The van der Waals surface area contributed by atoms with Crippen molar-refractivity contribution in [2.24, 2.45) is 5.92 Å². The number of carbonyl (C=O) groups is 4. The van der Waals surface area contributed by atoms with Crippen LogP contribution in [0.25, 0.3) is 0 Å². The highest BCUT2D eigenvalue weighted by atomic mass is 16.5. The van der Waals surface area contributed by atoms with Crippen molar-refractivity contribution in [1.82, 2.24) is 10.2 Å². The van der Waals surface area contributed by atoms with E-state index < -0.39 is 29.9 Å². The summed E-state index contributed by atoms with van der Waals surface area (Å²) in [5.74, 6) is -2.07. The lowest BCUT2D eigenvalue weighted by atomic mass is 10.0. The molecule has 1 fully saturated rings. The first kappa shape index (κ1) is 19.1. The number of amides is 3. The molecule has 0 saturated heterocycles. The Morgan fingerprint density at radius 1 is 1.11 bits per heavy atom. The van der Waals surface area contributed by atoms with Crippen LogP contribution in [0.4, 0.5) is 0 Å². The Bertz CT molecular complexity index is 749. The summed E-state index contributed by atoms with van der Waals surface area (Å²) >= 11 is 0. The summed E-state index contributed by atoms with van der Waals surface area (Å²) in [5, 5.41) is 2.78. The third-order valence-electron chi connectivity index (χ3n) is 4.69. The first-order valence-electron chi connectivity index (χ1n) is 9.27. The van der Waals surface area contributed by atoms with Crippen LogP contribution in [0.1, 0.15) is 60.7 Å². The normalized spacial score (nSPS) is 18.3. The number of benzene rings is 1. The zero-order valence-corrected chi connectivity index (χ0v) is 15.7. The fraction of sp³-hybridized carbons (Fsp3) is 0.500. The summed E-state index contributed by atoms with van der Waals surface area (Å²) in [6.07, 6.45) is 1.14. The Morgan fingerprint density at radius 3 is 2.15 bits per heavy atom. The van der Waals surface area contributed by atoms with Gasteiger partial charge in [0.2, 0.25) is 0 Å². The Morgan fingerprint density at radius 2 is 1.67 bits per heavy atom. The summed E-state index contributed by atoms with van der Waals surface area (Å²) < 4.78 is 5.31. The lowest BCUT2D eigenvalue weighted by Crippen LogP contribution is -2.48. The van der Waals surface area contributed by atoms with Crippen LogP contribution in [0.15, 0.2) is 24.3 Å². The number of rotatable bonds is 7. The first-order chi connectivity index (χ1) is 12.8. The van der Waals surface area contributed by atoms with Crippen molar-refractivity contribution in [1.29, 1.82) is 0 Å². The van der Waals surface area contributed by atoms with E-state index in [1.54, 1.807) is 24.3 Å². The topological polar surface area (TPSA) is 92.8 Å². The molecule has 27 heavy (non-hydrogen) atoms. The van der Waals surface area contributed by atoms with Gasteiger partial charge in [-0.25, -0.2) is 4.79 Å². The van der Waals surface area contributed by atoms with Gasteiger partial charge in [0, 0.05) is 6.04 Å². The fourth-order valence-corrected chi connectivity index (χ4v) is 3.10. The van der Waals surface area contributed by atoms with Crippen LogP contribution in [0.2, 0.25) is 0 Å². The Labute approximate surface area is 158 Å². The summed E-state index contributed by atoms with van der Waals surface area (Å²) in [4.78, 5) is 51.3. The smallest absolute Gasteiger partial charge is 0.330 e. The molecule has 3 rings (SSSR count). The number of imide groups is 1. The minimum Gasteiger partial charge on any atom is -0.451 e. The molecule has 0 bridgehead atoms. The number of esters is 1. The number of fused-ring (bicyclic) bond motifs is 1. The van der Waals surface area contributed by atoms with E-state index >= 15 is 0 Å². The molecular weight excluding hydrogens is 348 g/mol. The van der Waals surface area contributed by atoms with E-state index in [9.17, 15) is 19.2 Å². The summed E-state index contributed by atoms with van der Waals surface area (Å²) in [7, 11) is 0. The zero-order valence-electron chi connectivity index (χ0n) is 15.7. The van der Waals surface area contributed by atoms with Crippen LogP contribution in [0.5, 0.6) is 0 Å². The quantitative estimate of drug-likeness (QED) is 0.583. The molecule has 7 nitrogen and oxygen atoms in total. The first-order valence-corrected chi connectivity index (χ1v) is 9.27. The van der Waals surface area contributed by atoms with Gasteiger partial charge < -0.3 is 10.1 Å². The third-order valence-corrected chi connectivity index (χ3v) is 4.69. The number of ether oxygens (including phenoxy) is 1. The average molecular weight is 372 g/mol. The van der Waals surface area contributed by atoms with Gasteiger partial charge in [-0.15, -0.1) is 0 Å². The molecule has 0 unspecified atom stereocenters. The molecule has 2 atom stereocenters. The van der Waals surface area contributed by atoms with E-state index in [0.717, 1.165) is 17.7 Å². The average Bonchev–Trinajstić information content (AvgIpc) is 3.40. The van der Waals surface area contributed by atoms with Crippen molar-refractivity contribution in [2.45, 2.75) is 58.2 Å². The minimum atomic E-state index is -1.06. The monoisotopic (exact) mass is 372 g/mol. The number of carbonyl (C=O) groups excluding carboxylic acids is 4. The van der Waals surface area contributed by atoms with Gasteiger partial charge >= 0.3 is 5.97 Å². The fourth-order valence-electron chi connectivity index (χ4n) is 3.10. The van der Waals surface area contributed by atoms with E-state index in [1.807, 2.05) is 13.8 Å². The van der Waals surface area contributed by atoms with Crippen molar-refractivity contribution < 1.29 is 23.9 Å². The molecule has 1 saturated carbocycles. The van der Waals surface area contributed by atoms with Gasteiger partial charge in [-0.1, -0.05) is 26.0 Å². The SMILES string of the molecule is CC(C)C[C@@H](C(=O)O[C@@H](C)C(=O)NC1CC1)N1C(=O)c2ccccc2C1=O. The maximum Gasteiger partial charge on any atom is 0.330 e. The molecule has 0 aromatic heterocycles. The number of hydrogen-bond donors (Lipinski definition) is 1. The van der Waals surface area contributed by atoms with Gasteiger partial charge in [-0.2, -0.15) is 0 Å². The molecule has 144 valence electrons. The summed E-state index contributed by atoms with van der Waals surface area (Å²) in [5.41, 5.74) is 0.562. The predicted octanol–water partition coefficient (Wildman–Crippen LogP) is 1.91. The van der Waals surface area contributed by atoms with Gasteiger partial charge in [0.15, 0.2) is 6.10 Å². The molecule has 1 aromatic rings. The number of nitrogens with one attached hydrogen (secondary N) is 1. The second-order valence-electron chi connectivity index (χ2n) is 7.53. The van der Waals surface area contributed by atoms with Crippen LogP contribution in [-0.2, 0) is 14.3 Å². The predicted molar refractivity (Wildman–Crippen MR) is 96.9 cm³/mol. The van der Waals surface area contributed by atoms with Crippen molar-refractivity contribution >= 4 is 23.7 Å². The lowest BCUT2D eigenvalue weighted by molar-refractivity contribution is -0.159. The van der Waals surface area contributed by atoms with E-state index in [4.69, 9.17) is 4.74 Å². The highest BCUT2D eigenvalue weighted by molar-refractivity contribution is 6.22. The van der Waals surface area contributed by atoms with Gasteiger partial charge in [0.1, 0.15) is 6.04 Å². The molecule has 7 heteroatoms. The zero-order chi connectivity index (χ0) is 19.7. The standard InChI is InChI=1S/C20H24N2O5/c1-11(2)10-16(20(26)27-12(3)17(23)21-13-8-9-13)22-18(24)14-6-4-5-7-15(14)19(22)25/h4-7,11-13,16H,8-10H2,1-3H3,(H,21,23)/t12-,16-/m0/s1. The molecule has 2 aliphatic rings. The van der Waals surface area contributed by atoms with Crippen molar-refractivity contribution in [3.8, 4) is 0 Å². The van der Waals surface area contributed by atoms with Crippen LogP contribution >= 0.6 is 0 Å². The molecule has 0 spiro atoms. The van der Waals surface area contributed by atoms with Crippen molar-refractivity contribution in [2.75, 3.05) is 0 Å².